The number of halogens is 1. The standard InChI is InChI=1S/C19H15ClO/c1-12-15(13-6-8-14(20)9-7-13)10-11-17-16-4-2-3-5-18(16)21-19(12)17/h2-12,19H,1H3. The van der Waals surface area contributed by atoms with Crippen molar-refractivity contribution in [2.24, 2.45) is 5.92 Å². The summed E-state index contributed by atoms with van der Waals surface area (Å²) in [7, 11) is 0. The number of fused-ring (bicyclic) bond motifs is 3. The van der Waals surface area contributed by atoms with Crippen LogP contribution in [0.25, 0.3) is 11.1 Å². The normalized spacial score (nSPS) is 22.8. The molecule has 2 heteroatoms. The fourth-order valence-corrected chi connectivity index (χ4v) is 3.34. The van der Waals surface area contributed by atoms with Crippen molar-refractivity contribution in [1.29, 1.82) is 0 Å². The van der Waals surface area contributed by atoms with Crippen LogP contribution in [0.4, 0.5) is 0 Å². The van der Waals surface area contributed by atoms with Gasteiger partial charge in [0.15, 0.2) is 0 Å². The molecule has 0 aromatic heterocycles. The monoisotopic (exact) mass is 294 g/mol. The van der Waals surface area contributed by atoms with E-state index >= 15 is 0 Å². The predicted molar refractivity (Wildman–Crippen MR) is 87.4 cm³/mol. The number of rotatable bonds is 1. The molecule has 0 saturated carbocycles. The molecule has 2 atom stereocenters. The lowest BCUT2D eigenvalue weighted by atomic mass is 9.81. The Kier molecular flexibility index (Phi) is 2.90. The maximum atomic E-state index is 6.16. The van der Waals surface area contributed by atoms with Gasteiger partial charge in [0.1, 0.15) is 11.9 Å². The first-order valence-electron chi connectivity index (χ1n) is 7.18. The van der Waals surface area contributed by atoms with Crippen molar-refractivity contribution in [2.45, 2.75) is 13.0 Å². The van der Waals surface area contributed by atoms with Crippen molar-refractivity contribution in [1.82, 2.24) is 0 Å². The van der Waals surface area contributed by atoms with Gasteiger partial charge < -0.3 is 4.74 Å². The van der Waals surface area contributed by atoms with E-state index in [0.29, 0.717) is 5.92 Å². The second-order valence-electron chi connectivity index (χ2n) is 5.57. The Hall–Kier alpha value is -1.99. The minimum atomic E-state index is 0.109. The fraction of sp³-hybridized carbons (Fsp3) is 0.158. The van der Waals surface area contributed by atoms with Crippen LogP contribution in [0.1, 0.15) is 18.1 Å². The Morgan fingerprint density at radius 3 is 2.43 bits per heavy atom. The van der Waals surface area contributed by atoms with Crippen LogP contribution < -0.4 is 4.74 Å². The highest BCUT2D eigenvalue weighted by molar-refractivity contribution is 6.30. The van der Waals surface area contributed by atoms with E-state index in [2.05, 4.69) is 43.3 Å². The zero-order valence-electron chi connectivity index (χ0n) is 11.7. The highest BCUT2D eigenvalue weighted by Crippen LogP contribution is 2.45. The van der Waals surface area contributed by atoms with Crippen LogP contribution in [-0.2, 0) is 0 Å². The van der Waals surface area contributed by atoms with Crippen molar-refractivity contribution in [3.05, 3.63) is 76.8 Å². The molecular weight excluding hydrogens is 280 g/mol. The number of benzene rings is 2. The van der Waals surface area contributed by atoms with Crippen LogP contribution in [-0.4, -0.2) is 6.10 Å². The maximum absolute atomic E-state index is 6.16. The average Bonchev–Trinajstić information content (AvgIpc) is 2.89. The fourth-order valence-electron chi connectivity index (χ4n) is 3.21. The lowest BCUT2D eigenvalue weighted by Crippen LogP contribution is -2.25. The first kappa shape index (κ1) is 12.7. The molecule has 0 N–H and O–H groups in total. The summed E-state index contributed by atoms with van der Waals surface area (Å²) in [5.41, 5.74) is 5.02. The largest absolute Gasteiger partial charge is 0.484 e. The van der Waals surface area contributed by atoms with Gasteiger partial charge in [-0.2, -0.15) is 0 Å². The molecule has 2 aliphatic rings. The molecule has 2 unspecified atom stereocenters. The van der Waals surface area contributed by atoms with Crippen LogP contribution in [0.15, 0.2) is 60.7 Å². The van der Waals surface area contributed by atoms with E-state index in [1.165, 1.54) is 22.3 Å². The molecule has 4 rings (SSSR count). The summed E-state index contributed by atoms with van der Waals surface area (Å²) in [5, 5.41) is 0.767. The zero-order valence-corrected chi connectivity index (χ0v) is 12.5. The van der Waals surface area contributed by atoms with Gasteiger partial charge in [-0.1, -0.05) is 61.0 Å². The lowest BCUT2D eigenvalue weighted by molar-refractivity contribution is 0.240. The Morgan fingerprint density at radius 2 is 1.62 bits per heavy atom. The number of para-hydroxylation sites is 1. The van der Waals surface area contributed by atoms with Gasteiger partial charge in [0, 0.05) is 22.1 Å². The van der Waals surface area contributed by atoms with E-state index in [9.17, 15) is 0 Å². The molecule has 1 aliphatic heterocycles. The second-order valence-corrected chi connectivity index (χ2v) is 6.01. The van der Waals surface area contributed by atoms with E-state index in [4.69, 9.17) is 16.3 Å². The van der Waals surface area contributed by atoms with E-state index in [1.807, 2.05) is 24.3 Å². The van der Waals surface area contributed by atoms with E-state index in [0.717, 1.165) is 10.8 Å². The molecule has 0 fully saturated rings. The summed E-state index contributed by atoms with van der Waals surface area (Å²) >= 11 is 5.98. The SMILES string of the molecule is CC1C(c2ccc(Cl)cc2)=CC=C2c3ccccc3OC21. The van der Waals surface area contributed by atoms with Crippen LogP contribution in [0.3, 0.4) is 0 Å². The molecule has 0 radical (unpaired) electrons. The van der Waals surface area contributed by atoms with Crippen LogP contribution in [0.5, 0.6) is 5.75 Å². The summed E-state index contributed by atoms with van der Waals surface area (Å²) in [6, 6.07) is 16.3. The summed E-state index contributed by atoms with van der Waals surface area (Å²) in [5.74, 6) is 1.31. The van der Waals surface area contributed by atoms with E-state index in [1.54, 1.807) is 0 Å². The predicted octanol–water partition coefficient (Wildman–Crippen LogP) is 5.22. The van der Waals surface area contributed by atoms with Gasteiger partial charge >= 0.3 is 0 Å². The molecule has 1 aliphatic carbocycles. The van der Waals surface area contributed by atoms with Crippen molar-refractivity contribution in [3.63, 3.8) is 0 Å². The highest BCUT2D eigenvalue weighted by Gasteiger charge is 2.36. The third-order valence-electron chi connectivity index (χ3n) is 4.32. The second kappa shape index (κ2) is 4.78. The Bertz CT molecular complexity index is 755. The van der Waals surface area contributed by atoms with Crippen molar-refractivity contribution in [3.8, 4) is 5.75 Å². The van der Waals surface area contributed by atoms with Gasteiger partial charge in [-0.25, -0.2) is 0 Å². The number of allylic oxidation sites excluding steroid dienone is 2. The Morgan fingerprint density at radius 1 is 0.905 bits per heavy atom. The molecule has 0 spiro atoms. The molecule has 21 heavy (non-hydrogen) atoms. The quantitative estimate of drug-likeness (QED) is 0.701. The van der Waals surface area contributed by atoms with Crippen molar-refractivity contribution >= 4 is 22.7 Å². The van der Waals surface area contributed by atoms with Crippen molar-refractivity contribution < 1.29 is 4.74 Å². The Balaban J connectivity index is 1.77. The molecular formula is C19H15ClO. The molecule has 0 amide bonds. The number of hydrogen-bond acceptors (Lipinski definition) is 1. The third-order valence-corrected chi connectivity index (χ3v) is 4.58. The molecule has 0 bridgehead atoms. The van der Waals surface area contributed by atoms with Gasteiger partial charge in [-0.05, 0) is 29.3 Å². The third kappa shape index (κ3) is 2.00. The van der Waals surface area contributed by atoms with Gasteiger partial charge in [0.2, 0.25) is 0 Å². The number of hydrogen-bond donors (Lipinski definition) is 0. The molecule has 2 aromatic carbocycles. The summed E-state index contributed by atoms with van der Waals surface area (Å²) in [6.07, 6.45) is 4.52. The van der Waals surface area contributed by atoms with Crippen molar-refractivity contribution in [2.75, 3.05) is 0 Å². The van der Waals surface area contributed by atoms with Crippen LogP contribution in [0.2, 0.25) is 5.02 Å². The zero-order chi connectivity index (χ0) is 14.4. The van der Waals surface area contributed by atoms with E-state index < -0.39 is 0 Å². The molecule has 104 valence electrons. The highest BCUT2D eigenvalue weighted by atomic mass is 35.5. The smallest absolute Gasteiger partial charge is 0.131 e. The summed E-state index contributed by atoms with van der Waals surface area (Å²) < 4.78 is 6.16. The topological polar surface area (TPSA) is 9.23 Å². The molecule has 1 nitrogen and oxygen atoms in total. The van der Waals surface area contributed by atoms with Crippen LogP contribution in [0, 0.1) is 5.92 Å². The summed E-state index contributed by atoms with van der Waals surface area (Å²) in [4.78, 5) is 0. The lowest BCUT2D eigenvalue weighted by Gasteiger charge is -2.26. The average molecular weight is 295 g/mol. The summed E-state index contributed by atoms with van der Waals surface area (Å²) in [6.45, 7) is 2.23. The molecule has 0 saturated heterocycles. The van der Waals surface area contributed by atoms with Gasteiger partial charge in [-0.15, -0.1) is 0 Å². The minimum absolute atomic E-state index is 0.109. The minimum Gasteiger partial charge on any atom is -0.484 e. The van der Waals surface area contributed by atoms with Gasteiger partial charge in [0.25, 0.3) is 0 Å². The van der Waals surface area contributed by atoms with Gasteiger partial charge in [0.05, 0.1) is 0 Å². The van der Waals surface area contributed by atoms with Crippen LogP contribution >= 0.6 is 11.6 Å². The number of ether oxygens (including phenoxy) is 1. The first-order valence-corrected chi connectivity index (χ1v) is 7.55. The molecule has 2 aromatic rings. The molecule has 1 heterocycles. The van der Waals surface area contributed by atoms with E-state index in [-0.39, 0.29) is 6.10 Å². The maximum Gasteiger partial charge on any atom is 0.131 e. The van der Waals surface area contributed by atoms with Gasteiger partial charge in [-0.3, -0.25) is 0 Å². The first-order chi connectivity index (χ1) is 10.2. The Labute approximate surface area is 129 Å².